The van der Waals surface area contributed by atoms with Gasteiger partial charge in [0.15, 0.2) is 0 Å². The number of amides is 1. The molecule has 0 saturated heterocycles. The highest BCUT2D eigenvalue weighted by Crippen LogP contribution is 2.67. The third kappa shape index (κ3) is 3.65. The molecule has 5 saturated carbocycles. The zero-order chi connectivity index (χ0) is 20.4. The predicted octanol–water partition coefficient (Wildman–Crippen LogP) is 2.81. The molecule has 0 aliphatic heterocycles. The Hall–Kier alpha value is -1.68. The topological polar surface area (TPSA) is 86.5 Å². The van der Waals surface area contributed by atoms with Gasteiger partial charge in [0.05, 0.1) is 18.1 Å². The molecule has 5 aliphatic carbocycles. The van der Waals surface area contributed by atoms with Gasteiger partial charge in [-0.15, -0.1) is 23.4 Å². The lowest BCUT2D eigenvalue weighted by molar-refractivity contribution is -0.326. The molecule has 2 atom stereocenters. The quantitative estimate of drug-likeness (QED) is 0.703. The minimum Gasteiger partial charge on any atom is -0.424 e. The Balaban J connectivity index is 1.07. The predicted molar refractivity (Wildman–Crippen MR) is 91.7 cm³/mol. The molecular formula is C19H24F3N3O4. The molecule has 6 rings (SSSR count). The van der Waals surface area contributed by atoms with Crippen LogP contribution in [0.1, 0.15) is 63.1 Å². The molecule has 7 nitrogen and oxygen atoms in total. The molecule has 1 heterocycles. The molecule has 5 aliphatic rings. The Morgan fingerprint density at radius 2 is 1.97 bits per heavy atom. The lowest BCUT2D eigenvalue weighted by Crippen LogP contribution is -2.77. The Labute approximate surface area is 165 Å². The van der Waals surface area contributed by atoms with Crippen molar-refractivity contribution < 1.29 is 31.9 Å². The number of aromatic nitrogens is 2. The van der Waals surface area contributed by atoms with Crippen LogP contribution in [0, 0.1) is 11.8 Å². The molecule has 1 amide bonds. The number of alkyl halides is 3. The van der Waals surface area contributed by atoms with Crippen LogP contribution in [0.4, 0.5) is 13.2 Å². The van der Waals surface area contributed by atoms with E-state index in [4.69, 9.17) is 9.15 Å². The summed E-state index contributed by atoms with van der Waals surface area (Å²) >= 11 is 0. The van der Waals surface area contributed by atoms with E-state index in [0.717, 1.165) is 32.1 Å². The van der Waals surface area contributed by atoms with E-state index in [1.54, 1.807) is 0 Å². The summed E-state index contributed by atoms with van der Waals surface area (Å²) in [5.74, 6) is 1.12. The van der Waals surface area contributed by atoms with Crippen molar-refractivity contribution in [2.45, 2.75) is 74.8 Å². The maximum atomic E-state index is 12.1. The van der Waals surface area contributed by atoms with Crippen molar-refractivity contribution in [3.8, 4) is 0 Å². The maximum Gasteiger partial charge on any atom is 0.522 e. The van der Waals surface area contributed by atoms with Crippen molar-refractivity contribution >= 4 is 5.91 Å². The highest BCUT2D eigenvalue weighted by molar-refractivity contribution is 5.79. The Morgan fingerprint density at radius 1 is 1.24 bits per heavy atom. The molecule has 10 heteroatoms. The van der Waals surface area contributed by atoms with Gasteiger partial charge in [-0.1, -0.05) is 6.92 Å². The largest absolute Gasteiger partial charge is 0.522 e. The number of hydrogen-bond acceptors (Lipinski definition) is 6. The Kier molecular flexibility index (Phi) is 4.26. The van der Waals surface area contributed by atoms with Gasteiger partial charge < -0.3 is 14.5 Å². The van der Waals surface area contributed by atoms with Gasteiger partial charge in [0.2, 0.25) is 17.7 Å². The van der Waals surface area contributed by atoms with Gasteiger partial charge in [-0.05, 0) is 50.4 Å². The highest BCUT2D eigenvalue weighted by atomic mass is 19.4. The van der Waals surface area contributed by atoms with Gasteiger partial charge in [-0.25, -0.2) is 0 Å². The molecule has 0 unspecified atom stereocenters. The van der Waals surface area contributed by atoms with E-state index in [0.29, 0.717) is 24.1 Å². The standard InChI is InChI=1S/C19H24F3N3O4/c1-10-2-12(3-10)27-6-14(26)23-18-7-17(8-18,9-18)16-25-24-15(29-16)13-4-11(13)5-28-19(20,21)22/h10-13H,2-9H2,1H3,(H,23,26)/t10?,11-,12?,13+,17?,18?/m1/s1. The third-order valence-electron chi connectivity index (χ3n) is 6.81. The fraction of sp³-hybridized carbons (Fsp3) is 0.842. The maximum absolute atomic E-state index is 12.1. The van der Waals surface area contributed by atoms with Crippen LogP contribution in [0.15, 0.2) is 4.42 Å². The van der Waals surface area contributed by atoms with Crippen LogP contribution in [0.25, 0.3) is 0 Å². The first-order valence-corrected chi connectivity index (χ1v) is 10.1. The smallest absolute Gasteiger partial charge is 0.424 e. The molecule has 29 heavy (non-hydrogen) atoms. The number of halogens is 3. The fourth-order valence-electron chi connectivity index (χ4n) is 5.17. The summed E-state index contributed by atoms with van der Waals surface area (Å²) in [4.78, 5) is 12.1. The van der Waals surface area contributed by atoms with Gasteiger partial charge in [0.25, 0.3) is 0 Å². The molecule has 1 aromatic heterocycles. The number of hydrogen-bond donors (Lipinski definition) is 1. The van der Waals surface area contributed by atoms with E-state index in [-0.39, 0.29) is 48.0 Å². The van der Waals surface area contributed by atoms with E-state index < -0.39 is 6.36 Å². The normalized spacial score (nSPS) is 39.9. The summed E-state index contributed by atoms with van der Waals surface area (Å²) in [5, 5.41) is 11.2. The SMILES string of the molecule is CC1CC(OCC(=O)NC23CC(c4nnc([C@H]5C[C@@H]5COC(F)(F)F)o4)(C2)C3)C1. The van der Waals surface area contributed by atoms with Crippen molar-refractivity contribution in [3.63, 3.8) is 0 Å². The number of ether oxygens (including phenoxy) is 2. The zero-order valence-corrected chi connectivity index (χ0v) is 16.1. The number of nitrogens with zero attached hydrogens (tertiary/aromatic N) is 2. The molecule has 1 aromatic rings. The summed E-state index contributed by atoms with van der Waals surface area (Å²) in [5.41, 5.74) is -0.402. The van der Waals surface area contributed by atoms with Gasteiger partial charge >= 0.3 is 6.36 Å². The average Bonchev–Trinajstić information content (AvgIpc) is 3.17. The van der Waals surface area contributed by atoms with E-state index in [9.17, 15) is 18.0 Å². The van der Waals surface area contributed by atoms with Crippen LogP contribution in [0.5, 0.6) is 0 Å². The van der Waals surface area contributed by atoms with Crippen molar-refractivity contribution in [1.29, 1.82) is 0 Å². The van der Waals surface area contributed by atoms with Crippen molar-refractivity contribution in [2.75, 3.05) is 13.2 Å². The summed E-state index contributed by atoms with van der Waals surface area (Å²) in [6, 6.07) is 0. The lowest BCUT2D eigenvalue weighted by Gasteiger charge is -2.68. The van der Waals surface area contributed by atoms with Gasteiger partial charge in [0.1, 0.15) is 6.61 Å². The summed E-state index contributed by atoms with van der Waals surface area (Å²) in [7, 11) is 0. The summed E-state index contributed by atoms with van der Waals surface area (Å²) in [6.45, 7) is 1.89. The van der Waals surface area contributed by atoms with Gasteiger partial charge in [0, 0.05) is 11.5 Å². The minimum absolute atomic E-state index is 0.0884. The van der Waals surface area contributed by atoms with Crippen LogP contribution in [0.2, 0.25) is 0 Å². The van der Waals surface area contributed by atoms with Crippen molar-refractivity contribution in [2.24, 2.45) is 11.8 Å². The van der Waals surface area contributed by atoms with Gasteiger partial charge in [-0.2, -0.15) is 0 Å². The van der Waals surface area contributed by atoms with Crippen LogP contribution in [-0.2, 0) is 19.7 Å². The Morgan fingerprint density at radius 3 is 2.62 bits per heavy atom. The first-order chi connectivity index (χ1) is 13.7. The van der Waals surface area contributed by atoms with E-state index in [1.165, 1.54) is 0 Å². The lowest BCUT2D eigenvalue weighted by atomic mass is 9.39. The first-order valence-electron chi connectivity index (χ1n) is 10.1. The van der Waals surface area contributed by atoms with E-state index in [1.807, 2.05) is 0 Å². The molecule has 5 fully saturated rings. The highest BCUT2D eigenvalue weighted by Gasteiger charge is 2.72. The molecule has 160 valence electrons. The van der Waals surface area contributed by atoms with Crippen LogP contribution in [0.3, 0.4) is 0 Å². The van der Waals surface area contributed by atoms with Crippen LogP contribution >= 0.6 is 0 Å². The van der Waals surface area contributed by atoms with E-state index in [2.05, 4.69) is 27.2 Å². The molecule has 0 aromatic carbocycles. The number of rotatable bonds is 8. The minimum atomic E-state index is -4.61. The molecule has 2 bridgehead atoms. The third-order valence-corrected chi connectivity index (χ3v) is 6.81. The van der Waals surface area contributed by atoms with Crippen molar-refractivity contribution in [3.05, 3.63) is 11.8 Å². The van der Waals surface area contributed by atoms with Crippen LogP contribution in [-0.4, -0.2) is 47.3 Å². The molecule has 0 radical (unpaired) electrons. The number of carbonyl (C=O) groups is 1. The number of carbonyl (C=O) groups excluding carboxylic acids is 1. The monoisotopic (exact) mass is 415 g/mol. The second kappa shape index (κ2) is 6.41. The molecular weight excluding hydrogens is 391 g/mol. The van der Waals surface area contributed by atoms with Crippen LogP contribution < -0.4 is 5.32 Å². The summed E-state index contributed by atoms with van der Waals surface area (Å²) in [6.07, 6.45) is 0.442. The first kappa shape index (κ1) is 19.3. The second-order valence-corrected chi connectivity index (χ2v) is 9.45. The summed E-state index contributed by atoms with van der Waals surface area (Å²) < 4.78 is 51.7. The van der Waals surface area contributed by atoms with Crippen molar-refractivity contribution in [1.82, 2.24) is 15.5 Å². The second-order valence-electron chi connectivity index (χ2n) is 9.45. The average molecular weight is 415 g/mol. The van der Waals surface area contributed by atoms with E-state index >= 15 is 0 Å². The Bertz CT molecular complexity index is 785. The molecule has 0 spiro atoms. The van der Waals surface area contributed by atoms with Gasteiger partial charge in [-0.3, -0.25) is 9.53 Å². The zero-order valence-electron chi connectivity index (χ0n) is 16.1. The molecule has 1 N–H and O–H groups in total. The number of nitrogens with one attached hydrogen (secondary N) is 1. The fourth-order valence-corrected chi connectivity index (χ4v) is 5.17.